The molecule has 1 N–H and O–H groups in total. The standard InChI is InChI=1S/C15H28O4Si/c1-7-11-8-9-12(13(18-11)10-14(16)17)19-20(5,6)15(2,3)4/h7,11-13H,1,8-10H2,2-6H3,(H,16,17)/t11-,12-,13+/m0/s1. The Morgan fingerprint density at radius 3 is 2.50 bits per heavy atom. The molecule has 20 heavy (non-hydrogen) atoms. The average Bonchev–Trinajstić information content (AvgIpc) is 2.29. The van der Waals surface area contributed by atoms with Gasteiger partial charge in [-0.1, -0.05) is 26.8 Å². The lowest BCUT2D eigenvalue weighted by atomic mass is 9.99. The summed E-state index contributed by atoms with van der Waals surface area (Å²) in [5.74, 6) is -0.844. The Morgan fingerprint density at radius 1 is 1.45 bits per heavy atom. The number of carboxylic acids is 1. The van der Waals surface area contributed by atoms with Gasteiger partial charge in [0.2, 0.25) is 0 Å². The molecule has 1 rings (SSSR count). The Balaban J connectivity index is 2.80. The molecule has 5 heteroatoms. The van der Waals surface area contributed by atoms with Gasteiger partial charge in [-0.05, 0) is 31.0 Å². The summed E-state index contributed by atoms with van der Waals surface area (Å²) in [5, 5.41) is 9.16. The summed E-state index contributed by atoms with van der Waals surface area (Å²) in [6.45, 7) is 14.6. The lowest BCUT2D eigenvalue weighted by molar-refractivity contribution is -0.148. The van der Waals surface area contributed by atoms with E-state index in [0.29, 0.717) is 0 Å². The molecular weight excluding hydrogens is 272 g/mol. The first-order valence-corrected chi connectivity index (χ1v) is 10.2. The van der Waals surface area contributed by atoms with E-state index >= 15 is 0 Å². The van der Waals surface area contributed by atoms with E-state index in [1.54, 1.807) is 6.08 Å². The van der Waals surface area contributed by atoms with E-state index < -0.39 is 14.3 Å². The van der Waals surface area contributed by atoms with Gasteiger partial charge in [-0.3, -0.25) is 4.79 Å². The fourth-order valence-electron chi connectivity index (χ4n) is 2.11. The number of rotatable bonds is 5. The Bertz CT molecular complexity index is 359. The number of carbonyl (C=O) groups is 1. The van der Waals surface area contributed by atoms with Crippen molar-refractivity contribution in [2.75, 3.05) is 0 Å². The van der Waals surface area contributed by atoms with E-state index in [0.717, 1.165) is 12.8 Å². The van der Waals surface area contributed by atoms with Crippen LogP contribution in [0.1, 0.15) is 40.0 Å². The van der Waals surface area contributed by atoms with Crippen molar-refractivity contribution in [1.29, 1.82) is 0 Å². The third-order valence-corrected chi connectivity index (χ3v) is 8.90. The van der Waals surface area contributed by atoms with Crippen LogP contribution in [-0.2, 0) is 14.0 Å². The van der Waals surface area contributed by atoms with Gasteiger partial charge in [0, 0.05) is 0 Å². The van der Waals surface area contributed by atoms with Gasteiger partial charge in [-0.15, -0.1) is 6.58 Å². The summed E-state index contributed by atoms with van der Waals surface area (Å²) in [4.78, 5) is 11.0. The second-order valence-electron chi connectivity index (χ2n) is 7.04. The fraction of sp³-hybridized carbons (Fsp3) is 0.800. The molecule has 0 aliphatic carbocycles. The molecule has 1 fully saturated rings. The summed E-state index contributed by atoms with van der Waals surface area (Å²) in [6.07, 6.45) is 2.86. The normalized spacial score (nSPS) is 28.1. The van der Waals surface area contributed by atoms with Crippen LogP contribution in [0, 0.1) is 0 Å². The lowest BCUT2D eigenvalue weighted by Gasteiger charge is -2.43. The van der Waals surface area contributed by atoms with Crippen LogP contribution >= 0.6 is 0 Å². The van der Waals surface area contributed by atoms with Crippen molar-refractivity contribution >= 4 is 14.3 Å². The fourth-order valence-corrected chi connectivity index (χ4v) is 3.49. The maximum Gasteiger partial charge on any atom is 0.306 e. The molecular formula is C15H28O4Si. The Kier molecular flexibility index (Phi) is 5.58. The van der Waals surface area contributed by atoms with E-state index in [1.807, 2.05) is 0 Å². The van der Waals surface area contributed by atoms with Crippen LogP contribution in [-0.4, -0.2) is 37.7 Å². The maximum absolute atomic E-state index is 11.0. The average molecular weight is 300 g/mol. The minimum absolute atomic E-state index is 0.0103. The van der Waals surface area contributed by atoms with Crippen LogP contribution in [0.2, 0.25) is 18.1 Å². The number of hydrogen-bond acceptors (Lipinski definition) is 3. The van der Waals surface area contributed by atoms with Gasteiger partial charge < -0.3 is 14.3 Å². The minimum atomic E-state index is -1.92. The van der Waals surface area contributed by atoms with Gasteiger partial charge in [-0.25, -0.2) is 0 Å². The van der Waals surface area contributed by atoms with E-state index in [2.05, 4.69) is 40.4 Å². The Hall–Kier alpha value is -0.653. The molecule has 0 aromatic rings. The minimum Gasteiger partial charge on any atom is -0.481 e. The van der Waals surface area contributed by atoms with E-state index in [1.165, 1.54) is 0 Å². The van der Waals surface area contributed by atoms with Gasteiger partial charge in [-0.2, -0.15) is 0 Å². The zero-order valence-electron chi connectivity index (χ0n) is 13.3. The van der Waals surface area contributed by atoms with Crippen LogP contribution in [0.25, 0.3) is 0 Å². The van der Waals surface area contributed by atoms with Crippen LogP contribution in [0.5, 0.6) is 0 Å². The molecule has 1 aliphatic rings. The molecule has 4 nitrogen and oxygen atoms in total. The highest BCUT2D eigenvalue weighted by atomic mass is 28.4. The number of ether oxygens (including phenoxy) is 1. The second kappa shape index (κ2) is 6.41. The predicted octanol–water partition coefficient (Wildman–Crippen LogP) is 3.59. The van der Waals surface area contributed by atoms with Crippen molar-refractivity contribution in [3.05, 3.63) is 12.7 Å². The summed E-state index contributed by atoms with van der Waals surface area (Å²) in [5.41, 5.74) is 0. The molecule has 0 aromatic heterocycles. The second-order valence-corrected chi connectivity index (χ2v) is 11.8. The van der Waals surface area contributed by atoms with Gasteiger partial charge in [0.15, 0.2) is 8.32 Å². The van der Waals surface area contributed by atoms with Crippen molar-refractivity contribution in [2.24, 2.45) is 0 Å². The number of carboxylic acid groups (broad SMARTS) is 1. The third kappa shape index (κ3) is 4.43. The molecule has 1 saturated heterocycles. The predicted molar refractivity (Wildman–Crippen MR) is 82.4 cm³/mol. The van der Waals surface area contributed by atoms with Crippen LogP contribution in [0.3, 0.4) is 0 Å². The molecule has 0 bridgehead atoms. The molecule has 0 unspecified atom stereocenters. The SMILES string of the molecule is C=C[C@H]1CC[C@H](O[Si](C)(C)C(C)(C)C)[C@@H](CC(=O)O)O1. The summed E-state index contributed by atoms with van der Waals surface area (Å²) >= 11 is 0. The summed E-state index contributed by atoms with van der Waals surface area (Å²) in [6, 6.07) is 0. The van der Waals surface area contributed by atoms with Crippen molar-refractivity contribution in [3.63, 3.8) is 0 Å². The van der Waals surface area contributed by atoms with E-state index in [-0.39, 0.29) is 29.8 Å². The topological polar surface area (TPSA) is 55.8 Å². The first kappa shape index (κ1) is 17.4. The number of aliphatic carboxylic acids is 1. The highest BCUT2D eigenvalue weighted by Crippen LogP contribution is 2.39. The molecule has 0 spiro atoms. The Labute approximate surface area is 123 Å². The summed E-state index contributed by atoms with van der Waals surface area (Å²) < 4.78 is 12.2. The monoisotopic (exact) mass is 300 g/mol. The molecule has 0 radical (unpaired) electrons. The zero-order valence-corrected chi connectivity index (χ0v) is 14.3. The van der Waals surface area contributed by atoms with Crippen molar-refractivity contribution < 1.29 is 19.1 Å². The highest BCUT2D eigenvalue weighted by Gasteiger charge is 2.42. The van der Waals surface area contributed by atoms with Crippen LogP contribution in [0.4, 0.5) is 0 Å². The molecule has 3 atom stereocenters. The van der Waals surface area contributed by atoms with Crippen molar-refractivity contribution in [2.45, 2.75) is 76.5 Å². The Morgan fingerprint density at radius 2 is 2.05 bits per heavy atom. The van der Waals surface area contributed by atoms with Crippen molar-refractivity contribution in [3.8, 4) is 0 Å². The quantitative estimate of drug-likeness (QED) is 0.623. The maximum atomic E-state index is 11.0. The van der Waals surface area contributed by atoms with Gasteiger partial charge in [0.1, 0.15) is 0 Å². The molecule has 0 aromatic carbocycles. The highest BCUT2D eigenvalue weighted by molar-refractivity contribution is 6.74. The van der Waals surface area contributed by atoms with Gasteiger partial charge in [0.25, 0.3) is 0 Å². The third-order valence-electron chi connectivity index (χ3n) is 4.39. The summed E-state index contributed by atoms with van der Waals surface area (Å²) in [7, 11) is -1.92. The van der Waals surface area contributed by atoms with Gasteiger partial charge >= 0.3 is 5.97 Å². The van der Waals surface area contributed by atoms with E-state index in [4.69, 9.17) is 14.3 Å². The van der Waals surface area contributed by atoms with Crippen LogP contribution in [0.15, 0.2) is 12.7 Å². The molecule has 0 amide bonds. The smallest absolute Gasteiger partial charge is 0.306 e. The first-order chi connectivity index (χ1) is 9.06. The molecule has 1 heterocycles. The van der Waals surface area contributed by atoms with Gasteiger partial charge in [0.05, 0.1) is 24.7 Å². The molecule has 116 valence electrons. The molecule has 0 saturated carbocycles. The van der Waals surface area contributed by atoms with Crippen molar-refractivity contribution in [1.82, 2.24) is 0 Å². The zero-order chi connectivity index (χ0) is 15.6. The van der Waals surface area contributed by atoms with E-state index in [9.17, 15) is 4.79 Å². The van der Waals surface area contributed by atoms with Crippen LogP contribution < -0.4 is 0 Å². The number of hydrogen-bond donors (Lipinski definition) is 1. The largest absolute Gasteiger partial charge is 0.481 e. The molecule has 1 aliphatic heterocycles. The lowest BCUT2D eigenvalue weighted by Crippen LogP contribution is -2.50. The first-order valence-electron chi connectivity index (χ1n) is 7.24.